The van der Waals surface area contributed by atoms with Crippen molar-refractivity contribution in [2.75, 3.05) is 28.8 Å². The summed E-state index contributed by atoms with van der Waals surface area (Å²) in [6, 6.07) is -0.606. The lowest BCUT2D eigenvalue weighted by Gasteiger charge is -2.34. The number of phenols is 1. The van der Waals surface area contributed by atoms with Gasteiger partial charge in [0.15, 0.2) is 5.82 Å². The Hall–Kier alpha value is -2.40. The van der Waals surface area contributed by atoms with Crippen molar-refractivity contribution in [2.45, 2.75) is 44.6 Å². The Kier molecular flexibility index (Phi) is 4.44. The average molecular weight is 438 g/mol. The highest BCUT2D eigenvalue weighted by molar-refractivity contribution is 7.92. The van der Waals surface area contributed by atoms with E-state index in [1.54, 1.807) is 4.72 Å². The molecule has 0 spiro atoms. The summed E-state index contributed by atoms with van der Waals surface area (Å²) in [5, 5.41) is 13.9. The van der Waals surface area contributed by atoms with Gasteiger partial charge in [0, 0.05) is 24.1 Å². The van der Waals surface area contributed by atoms with Crippen molar-refractivity contribution in [3.8, 4) is 5.75 Å². The van der Waals surface area contributed by atoms with Gasteiger partial charge in [-0.05, 0) is 25.3 Å². The molecule has 3 aliphatic heterocycles. The zero-order chi connectivity index (χ0) is 21.2. The van der Waals surface area contributed by atoms with E-state index in [0.29, 0.717) is 34.6 Å². The van der Waals surface area contributed by atoms with E-state index in [2.05, 4.69) is 5.32 Å². The van der Waals surface area contributed by atoms with Crippen LogP contribution in [-0.4, -0.2) is 51.0 Å². The number of hydrogen-bond donors (Lipinski definition) is 3. The number of aromatic hydroxyl groups is 1. The van der Waals surface area contributed by atoms with Crippen LogP contribution in [0.15, 0.2) is 0 Å². The molecule has 5 rings (SSSR count). The molecule has 2 fully saturated rings. The molecule has 9 nitrogen and oxygen atoms in total. The minimum Gasteiger partial charge on any atom is -0.505 e. The third-order valence-electron chi connectivity index (χ3n) is 6.62. The lowest BCUT2D eigenvalue weighted by molar-refractivity contribution is -0.121. The second kappa shape index (κ2) is 6.81. The molecule has 4 aliphatic rings. The fourth-order valence-electron chi connectivity index (χ4n) is 4.85. The monoisotopic (exact) mass is 438 g/mol. The molecular weight excluding hydrogens is 415 g/mol. The van der Waals surface area contributed by atoms with Gasteiger partial charge in [0.2, 0.25) is 5.91 Å². The average Bonchev–Trinajstić information content (AvgIpc) is 3.19. The fourth-order valence-corrected chi connectivity index (χ4v) is 6.01. The predicted molar refractivity (Wildman–Crippen MR) is 106 cm³/mol. The van der Waals surface area contributed by atoms with Crippen molar-refractivity contribution >= 4 is 33.4 Å². The van der Waals surface area contributed by atoms with Gasteiger partial charge in [0.1, 0.15) is 18.0 Å². The molecule has 1 atom stereocenters. The van der Waals surface area contributed by atoms with E-state index in [1.165, 1.54) is 24.2 Å². The largest absolute Gasteiger partial charge is 0.505 e. The SMILES string of the molecule is O=C1CN(c2c(O)c3c4c(c2F)CC(NCCC2CCC2)C(=O)N4CC3)S(=O)(=O)N1. The van der Waals surface area contributed by atoms with E-state index in [4.69, 9.17) is 0 Å². The summed E-state index contributed by atoms with van der Waals surface area (Å²) in [5.74, 6) is -1.72. The van der Waals surface area contributed by atoms with Crippen molar-refractivity contribution in [1.82, 2.24) is 10.0 Å². The maximum atomic E-state index is 15.6. The number of nitrogens with one attached hydrogen (secondary N) is 2. The van der Waals surface area contributed by atoms with Gasteiger partial charge in [0.05, 0.1) is 11.7 Å². The van der Waals surface area contributed by atoms with Crippen LogP contribution < -0.4 is 19.2 Å². The van der Waals surface area contributed by atoms with Gasteiger partial charge in [-0.3, -0.25) is 9.59 Å². The van der Waals surface area contributed by atoms with E-state index in [0.717, 1.165) is 6.42 Å². The first-order valence-corrected chi connectivity index (χ1v) is 11.7. The molecule has 2 amide bonds. The molecular formula is C19H23FN4O5S. The van der Waals surface area contributed by atoms with Gasteiger partial charge in [0.25, 0.3) is 5.91 Å². The molecule has 1 aromatic rings. The Morgan fingerprint density at radius 1 is 1.20 bits per heavy atom. The lowest BCUT2D eigenvalue weighted by atomic mass is 9.83. The Morgan fingerprint density at radius 3 is 2.60 bits per heavy atom. The zero-order valence-corrected chi connectivity index (χ0v) is 17.1. The molecule has 1 aliphatic carbocycles. The minimum absolute atomic E-state index is 0.0662. The molecule has 162 valence electrons. The lowest BCUT2D eigenvalue weighted by Crippen LogP contribution is -2.51. The van der Waals surface area contributed by atoms with Gasteiger partial charge in [-0.15, -0.1) is 0 Å². The van der Waals surface area contributed by atoms with Gasteiger partial charge in [-0.2, -0.15) is 8.42 Å². The number of rotatable bonds is 5. The molecule has 1 saturated heterocycles. The van der Waals surface area contributed by atoms with Crippen molar-refractivity contribution in [3.05, 3.63) is 16.9 Å². The Labute approximate surface area is 173 Å². The molecule has 3 N–H and O–H groups in total. The van der Waals surface area contributed by atoms with E-state index in [1.807, 2.05) is 0 Å². The highest BCUT2D eigenvalue weighted by atomic mass is 32.2. The summed E-state index contributed by atoms with van der Waals surface area (Å²) < 4.78 is 42.4. The number of phenolic OH excluding ortho intramolecular Hbond substituents is 1. The first-order chi connectivity index (χ1) is 14.3. The second-order valence-corrected chi connectivity index (χ2v) is 9.99. The molecule has 0 radical (unpaired) electrons. The Morgan fingerprint density at radius 2 is 1.97 bits per heavy atom. The summed E-state index contributed by atoms with van der Waals surface area (Å²) in [6.07, 6.45) is 4.96. The molecule has 30 heavy (non-hydrogen) atoms. The standard InChI is InChI=1S/C19H23FN4O5S/c20-15-12-8-13(21-6-4-10-2-1-3-10)19(27)23-7-5-11(16(12)23)18(26)17(15)24-9-14(25)22-30(24,28)29/h10,13,21,26H,1-9H2,(H,22,25). The smallest absolute Gasteiger partial charge is 0.326 e. The highest BCUT2D eigenvalue weighted by Gasteiger charge is 2.45. The number of halogens is 1. The highest BCUT2D eigenvalue weighted by Crippen LogP contribution is 2.49. The first-order valence-electron chi connectivity index (χ1n) is 10.2. The molecule has 11 heteroatoms. The number of anilines is 2. The van der Waals surface area contributed by atoms with Crippen LogP contribution in [0.3, 0.4) is 0 Å². The number of carbonyl (C=O) groups excluding carboxylic acids is 2. The molecule has 1 saturated carbocycles. The maximum absolute atomic E-state index is 15.6. The van der Waals surface area contributed by atoms with E-state index in [-0.39, 0.29) is 24.3 Å². The van der Waals surface area contributed by atoms with E-state index >= 15 is 4.39 Å². The topological polar surface area (TPSA) is 119 Å². The maximum Gasteiger partial charge on any atom is 0.326 e. The molecule has 1 unspecified atom stereocenters. The van der Waals surface area contributed by atoms with Crippen molar-refractivity contribution in [1.29, 1.82) is 0 Å². The van der Waals surface area contributed by atoms with Gasteiger partial charge in [-0.25, -0.2) is 13.4 Å². The van der Waals surface area contributed by atoms with Crippen LogP contribution in [0.5, 0.6) is 5.75 Å². The fraction of sp³-hybridized carbons (Fsp3) is 0.579. The summed E-state index contributed by atoms with van der Waals surface area (Å²) >= 11 is 0. The minimum atomic E-state index is -4.28. The quantitative estimate of drug-likeness (QED) is 0.609. The van der Waals surface area contributed by atoms with Crippen LogP contribution in [0.2, 0.25) is 0 Å². The van der Waals surface area contributed by atoms with Crippen LogP contribution in [-0.2, 0) is 32.6 Å². The predicted octanol–water partition coefficient (Wildman–Crippen LogP) is 0.306. The van der Waals surface area contributed by atoms with Crippen LogP contribution >= 0.6 is 0 Å². The van der Waals surface area contributed by atoms with Gasteiger partial charge >= 0.3 is 10.2 Å². The molecule has 0 aromatic heterocycles. The molecule has 3 heterocycles. The van der Waals surface area contributed by atoms with Crippen LogP contribution in [0.1, 0.15) is 36.8 Å². The Bertz CT molecular complexity index is 1060. The van der Waals surface area contributed by atoms with Crippen molar-refractivity contribution in [3.63, 3.8) is 0 Å². The van der Waals surface area contributed by atoms with Gasteiger partial charge in [-0.1, -0.05) is 19.3 Å². The van der Waals surface area contributed by atoms with Crippen molar-refractivity contribution in [2.24, 2.45) is 5.92 Å². The van der Waals surface area contributed by atoms with Crippen LogP contribution in [0.25, 0.3) is 0 Å². The third-order valence-corrected chi connectivity index (χ3v) is 8.00. The summed E-state index contributed by atoms with van der Waals surface area (Å²) in [4.78, 5) is 26.0. The summed E-state index contributed by atoms with van der Waals surface area (Å²) in [6.45, 7) is 0.349. The normalized spacial score (nSPS) is 24.8. The number of amides is 2. The number of hydrogen-bond acceptors (Lipinski definition) is 6. The van der Waals surface area contributed by atoms with E-state index < -0.39 is 46.0 Å². The van der Waals surface area contributed by atoms with Crippen molar-refractivity contribution < 1.29 is 27.5 Å². The van der Waals surface area contributed by atoms with E-state index in [9.17, 15) is 23.1 Å². The third kappa shape index (κ3) is 2.86. The Balaban J connectivity index is 1.51. The molecule has 1 aromatic carbocycles. The van der Waals surface area contributed by atoms with Crippen LogP contribution in [0.4, 0.5) is 15.8 Å². The zero-order valence-electron chi connectivity index (χ0n) is 16.3. The first kappa shape index (κ1) is 19.6. The van der Waals surface area contributed by atoms with Gasteiger partial charge < -0.3 is 15.3 Å². The number of benzene rings is 1. The van der Waals surface area contributed by atoms with Crippen LogP contribution in [0, 0.1) is 11.7 Å². The second-order valence-electron chi connectivity index (χ2n) is 8.39. The summed E-state index contributed by atoms with van der Waals surface area (Å²) in [7, 11) is -4.28. The summed E-state index contributed by atoms with van der Waals surface area (Å²) in [5.41, 5.74) is 0.362. The number of carbonyl (C=O) groups is 2. The number of nitrogens with zero attached hydrogens (tertiary/aromatic N) is 2. The molecule has 0 bridgehead atoms.